The highest BCUT2D eigenvalue weighted by Crippen LogP contribution is 2.27. The molecule has 1 aromatic rings. The molecule has 0 radical (unpaired) electrons. The summed E-state index contributed by atoms with van der Waals surface area (Å²) in [6.07, 6.45) is 2.84. The smallest absolute Gasteiger partial charge is 0.152 e. The van der Waals surface area contributed by atoms with Crippen LogP contribution in [0.15, 0.2) is 22.7 Å². The van der Waals surface area contributed by atoms with E-state index in [1.807, 2.05) is 12.1 Å². The van der Waals surface area contributed by atoms with Crippen molar-refractivity contribution < 1.29 is 9.90 Å². The van der Waals surface area contributed by atoms with Gasteiger partial charge >= 0.3 is 0 Å². The summed E-state index contributed by atoms with van der Waals surface area (Å²) < 4.78 is 0.942. The third-order valence-corrected chi connectivity index (χ3v) is 3.65. The van der Waals surface area contributed by atoms with Crippen molar-refractivity contribution in [3.8, 4) is 0 Å². The molecular formula is C14H20BrNO2. The second-order valence-corrected chi connectivity index (χ2v) is 5.12. The van der Waals surface area contributed by atoms with Crippen LogP contribution >= 0.6 is 15.9 Å². The van der Waals surface area contributed by atoms with Crippen LogP contribution in [0.25, 0.3) is 0 Å². The van der Waals surface area contributed by atoms with E-state index in [1.54, 1.807) is 6.07 Å². The average molecular weight is 314 g/mol. The van der Waals surface area contributed by atoms with Crippen LogP contribution in [0.4, 0.5) is 5.69 Å². The molecule has 0 fully saturated rings. The highest BCUT2D eigenvalue weighted by Gasteiger charge is 2.18. The Bertz CT molecular complexity index is 391. The molecular weight excluding hydrogens is 294 g/mol. The van der Waals surface area contributed by atoms with Crippen LogP contribution in [0.3, 0.4) is 0 Å². The van der Waals surface area contributed by atoms with E-state index in [2.05, 4.69) is 34.7 Å². The zero-order valence-electron chi connectivity index (χ0n) is 10.9. The standard InChI is InChI=1S/C14H20BrNO2/c1-3-13(4-2)16(7-8-17)14-9-12(15)6-5-11(14)10-18/h5-6,9-10,13,17H,3-4,7-8H2,1-2H3. The zero-order valence-corrected chi connectivity index (χ0v) is 12.5. The van der Waals surface area contributed by atoms with E-state index in [1.165, 1.54) is 0 Å². The van der Waals surface area contributed by atoms with E-state index in [4.69, 9.17) is 0 Å². The number of aliphatic hydroxyl groups excluding tert-OH is 1. The summed E-state index contributed by atoms with van der Waals surface area (Å²) in [4.78, 5) is 13.3. The molecule has 0 heterocycles. The molecule has 0 unspecified atom stereocenters. The Morgan fingerprint density at radius 1 is 1.39 bits per heavy atom. The fourth-order valence-corrected chi connectivity index (χ4v) is 2.55. The van der Waals surface area contributed by atoms with E-state index >= 15 is 0 Å². The van der Waals surface area contributed by atoms with Crippen LogP contribution < -0.4 is 4.90 Å². The predicted octanol–water partition coefficient (Wildman–Crippen LogP) is 3.25. The number of benzene rings is 1. The van der Waals surface area contributed by atoms with Crippen LogP contribution in [0.5, 0.6) is 0 Å². The number of aldehydes is 1. The van der Waals surface area contributed by atoms with E-state index < -0.39 is 0 Å². The van der Waals surface area contributed by atoms with E-state index in [0.717, 1.165) is 29.3 Å². The van der Waals surface area contributed by atoms with Gasteiger partial charge in [-0.2, -0.15) is 0 Å². The molecule has 0 bridgehead atoms. The van der Waals surface area contributed by atoms with Gasteiger partial charge in [0.05, 0.1) is 6.61 Å². The van der Waals surface area contributed by atoms with Gasteiger partial charge in [0.25, 0.3) is 0 Å². The van der Waals surface area contributed by atoms with Crippen molar-refractivity contribution in [2.24, 2.45) is 0 Å². The molecule has 100 valence electrons. The molecule has 1 N–H and O–H groups in total. The van der Waals surface area contributed by atoms with E-state index in [-0.39, 0.29) is 6.61 Å². The number of aliphatic hydroxyl groups is 1. The van der Waals surface area contributed by atoms with Crippen LogP contribution in [0, 0.1) is 0 Å². The van der Waals surface area contributed by atoms with Crippen molar-refractivity contribution in [3.05, 3.63) is 28.2 Å². The lowest BCUT2D eigenvalue weighted by Gasteiger charge is -2.33. The Morgan fingerprint density at radius 3 is 2.56 bits per heavy atom. The molecule has 0 aliphatic heterocycles. The molecule has 1 rings (SSSR count). The normalized spacial score (nSPS) is 10.7. The summed E-state index contributed by atoms with van der Waals surface area (Å²) in [6, 6.07) is 5.94. The lowest BCUT2D eigenvalue weighted by molar-refractivity contribution is 0.112. The number of hydrogen-bond donors (Lipinski definition) is 1. The number of nitrogens with zero attached hydrogens (tertiary/aromatic N) is 1. The van der Waals surface area contributed by atoms with Crippen molar-refractivity contribution in [1.29, 1.82) is 0 Å². The largest absolute Gasteiger partial charge is 0.395 e. The van der Waals surface area contributed by atoms with Crippen molar-refractivity contribution in [2.45, 2.75) is 32.7 Å². The third-order valence-electron chi connectivity index (χ3n) is 3.15. The minimum Gasteiger partial charge on any atom is -0.395 e. The van der Waals surface area contributed by atoms with Gasteiger partial charge in [0.15, 0.2) is 6.29 Å². The van der Waals surface area contributed by atoms with Gasteiger partial charge in [-0.25, -0.2) is 0 Å². The number of carbonyl (C=O) groups is 1. The number of carbonyl (C=O) groups excluding carboxylic acids is 1. The molecule has 4 heteroatoms. The topological polar surface area (TPSA) is 40.5 Å². The van der Waals surface area contributed by atoms with E-state index in [9.17, 15) is 9.90 Å². The van der Waals surface area contributed by atoms with E-state index in [0.29, 0.717) is 18.2 Å². The maximum atomic E-state index is 11.1. The first kappa shape index (κ1) is 15.2. The van der Waals surface area contributed by atoms with Gasteiger partial charge < -0.3 is 10.0 Å². The van der Waals surface area contributed by atoms with Crippen LogP contribution in [0.2, 0.25) is 0 Å². The molecule has 0 aliphatic carbocycles. The lowest BCUT2D eigenvalue weighted by atomic mass is 10.1. The molecule has 0 aliphatic rings. The Labute approximate surface area is 117 Å². The second kappa shape index (κ2) is 7.54. The van der Waals surface area contributed by atoms with Gasteiger partial charge in [-0.15, -0.1) is 0 Å². The summed E-state index contributed by atoms with van der Waals surface area (Å²) in [7, 11) is 0. The van der Waals surface area contributed by atoms with Crippen molar-refractivity contribution in [2.75, 3.05) is 18.1 Å². The third kappa shape index (κ3) is 3.56. The fraction of sp³-hybridized carbons (Fsp3) is 0.500. The van der Waals surface area contributed by atoms with Crippen LogP contribution in [-0.4, -0.2) is 30.6 Å². The first-order chi connectivity index (χ1) is 8.67. The molecule has 0 atom stereocenters. The summed E-state index contributed by atoms with van der Waals surface area (Å²) in [6.45, 7) is 4.87. The number of hydrogen-bond acceptors (Lipinski definition) is 3. The van der Waals surface area contributed by atoms with Gasteiger partial charge in [-0.1, -0.05) is 29.8 Å². The molecule has 0 aromatic heterocycles. The average Bonchev–Trinajstić information content (AvgIpc) is 2.39. The maximum Gasteiger partial charge on any atom is 0.152 e. The second-order valence-electron chi connectivity index (χ2n) is 4.21. The Hall–Kier alpha value is -0.870. The lowest BCUT2D eigenvalue weighted by Crippen LogP contribution is -2.37. The van der Waals surface area contributed by atoms with Gasteiger partial charge in [-0.3, -0.25) is 4.79 Å². The Morgan fingerprint density at radius 2 is 2.06 bits per heavy atom. The summed E-state index contributed by atoms with van der Waals surface area (Å²) >= 11 is 3.43. The van der Waals surface area contributed by atoms with Crippen LogP contribution in [-0.2, 0) is 0 Å². The first-order valence-electron chi connectivity index (χ1n) is 6.30. The van der Waals surface area contributed by atoms with Crippen molar-refractivity contribution in [3.63, 3.8) is 0 Å². The Kier molecular flexibility index (Phi) is 6.36. The van der Waals surface area contributed by atoms with Crippen molar-refractivity contribution in [1.82, 2.24) is 0 Å². The predicted molar refractivity (Wildman–Crippen MR) is 78.3 cm³/mol. The quantitative estimate of drug-likeness (QED) is 0.786. The minimum absolute atomic E-state index is 0.0846. The van der Waals surface area contributed by atoms with Crippen molar-refractivity contribution >= 4 is 27.9 Å². The number of anilines is 1. The molecule has 0 saturated carbocycles. The highest BCUT2D eigenvalue weighted by atomic mass is 79.9. The van der Waals surface area contributed by atoms with Gasteiger partial charge in [0.2, 0.25) is 0 Å². The molecule has 0 amide bonds. The zero-order chi connectivity index (χ0) is 13.5. The SMILES string of the molecule is CCC(CC)N(CCO)c1cc(Br)ccc1C=O. The monoisotopic (exact) mass is 313 g/mol. The van der Waals surface area contributed by atoms with Gasteiger partial charge in [0, 0.05) is 28.3 Å². The highest BCUT2D eigenvalue weighted by molar-refractivity contribution is 9.10. The summed E-state index contributed by atoms with van der Waals surface area (Å²) in [5.41, 5.74) is 1.56. The molecule has 0 saturated heterocycles. The van der Waals surface area contributed by atoms with Crippen LogP contribution in [0.1, 0.15) is 37.0 Å². The molecule has 0 spiro atoms. The van der Waals surface area contributed by atoms with Gasteiger partial charge in [-0.05, 0) is 31.0 Å². The Balaban J connectivity index is 3.18. The first-order valence-corrected chi connectivity index (χ1v) is 7.09. The van der Waals surface area contributed by atoms with Gasteiger partial charge in [0.1, 0.15) is 0 Å². The molecule has 3 nitrogen and oxygen atoms in total. The fourth-order valence-electron chi connectivity index (χ4n) is 2.20. The summed E-state index contributed by atoms with van der Waals surface area (Å²) in [5.74, 6) is 0. The molecule has 1 aromatic carbocycles. The number of halogens is 1. The molecule has 18 heavy (non-hydrogen) atoms. The number of rotatable bonds is 7. The minimum atomic E-state index is 0.0846. The summed E-state index contributed by atoms with van der Waals surface area (Å²) in [5, 5.41) is 9.23. The maximum absolute atomic E-state index is 11.1.